The van der Waals surface area contributed by atoms with Crippen LogP contribution in [-0.2, 0) is 9.59 Å². The summed E-state index contributed by atoms with van der Waals surface area (Å²) in [5, 5.41) is 0. The minimum atomic E-state index is -0.434. The van der Waals surface area contributed by atoms with Crippen LogP contribution in [0.25, 0.3) is 0 Å². The maximum atomic E-state index is 12.7. The lowest BCUT2D eigenvalue weighted by Crippen LogP contribution is -2.26. The summed E-state index contributed by atoms with van der Waals surface area (Å²) in [7, 11) is 0. The molecule has 0 aliphatic heterocycles. The Morgan fingerprint density at radius 2 is 0.735 bits per heavy atom. The topological polar surface area (TPSA) is 60.2 Å². The highest BCUT2D eigenvalue weighted by atomic mass is 16.1. The SMILES string of the molecule is CCCCCCCCCCCCCC(=O)C(CCN)C(=O)CCCCCCCCCCCCC. The second-order valence-electron chi connectivity index (χ2n) is 10.6. The lowest BCUT2D eigenvalue weighted by molar-refractivity contribution is -0.133. The van der Waals surface area contributed by atoms with Crippen LogP contribution in [0.3, 0.4) is 0 Å². The first-order valence-corrected chi connectivity index (χ1v) is 15.4. The molecule has 0 heterocycles. The van der Waals surface area contributed by atoms with Crippen LogP contribution in [0.15, 0.2) is 0 Å². The van der Waals surface area contributed by atoms with Crippen LogP contribution < -0.4 is 5.73 Å². The van der Waals surface area contributed by atoms with E-state index < -0.39 is 5.92 Å². The van der Waals surface area contributed by atoms with Gasteiger partial charge < -0.3 is 5.73 Å². The van der Waals surface area contributed by atoms with Gasteiger partial charge in [-0.15, -0.1) is 0 Å². The number of nitrogens with two attached hydrogens (primary N) is 1. The molecule has 202 valence electrons. The first-order valence-electron chi connectivity index (χ1n) is 15.4. The normalized spacial score (nSPS) is 11.4. The van der Waals surface area contributed by atoms with Crippen LogP contribution >= 0.6 is 0 Å². The molecule has 34 heavy (non-hydrogen) atoms. The predicted molar refractivity (Wildman–Crippen MR) is 149 cm³/mol. The number of carbonyl (C=O) groups excluding carboxylic acids is 2. The van der Waals surface area contributed by atoms with Gasteiger partial charge in [0, 0.05) is 12.8 Å². The molecule has 0 saturated carbocycles. The lowest BCUT2D eigenvalue weighted by Gasteiger charge is -2.14. The van der Waals surface area contributed by atoms with Crippen molar-refractivity contribution < 1.29 is 9.59 Å². The molecule has 3 nitrogen and oxygen atoms in total. The molecule has 0 atom stereocenters. The van der Waals surface area contributed by atoms with Crippen molar-refractivity contribution in [3.63, 3.8) is 0 Å². The molecular formula is C31H61NO2. The van der Waals surface area contributed by atoms with Crippen molar-refractivity contribution in [2.75, 3.05) is 6.54 Å². The molecule has 0 aromatic rings. The summed E-state index contributed by atoms with van der Waals surface area (Å²) in [5.74, 6) is -0.139. The van der Waals surface area contributed by atoms with Crippen LogP contribution in [-0.4, -0.2) is 18.1 Å². The minimum absolute atomic E-state index is 0.148. The quantitative estimate of drug-likeness (QED) is 0.0897. The van der Waals surface area contributed by atoms with Crippen molar-refractivity contribution in [2.45, 2.75) is 174 Å². The van der Waals surface area contributed by atoms with Gasteiger partial charge in [0.15, 0.2) is 0 Å². The molecule has 0 amide bonds. The number of hydrogen-bond acceptors (Lipinski definition) is 3. The zero-order chi connectivity index (χ0) is 25.1. The highest BCUT2D eigenvalue weighted by Gasteiger charge is 2.24. The summed E-state index contributed by atoms with van der Waals surface area (Å²) in [6, 6.07) is 0. The molecule has 0 fully saturated rings. The molecule has 2 N–H and O–H groups in total. The largest absolute Gasteiger partial charge is 0.330 e. The molecular weight excluding hydrogens is 418 g/mol. The summed E-state index contributed by atoms with van der Waals surface area (Å²) < 4.78 is 0. The third-order valence-electron chi connectivity index (χ3n) is 7.29. The molecule has 0 bridgehead atoms. The van der Waals surface area contributed by atoms with E-state index in [1.165, 1.54) is 116 Å². The van der Waals surface area contributed by atoms with E-state index in [1.54, 1.807) is 0 Å². The smallest absolute Gasteiger partial charge is 0.143 e. The third kappa shape index (κ3) is 21.8. The van der Waals surface area contributed by atoms with Crippen LogP contribution in [0, 0.1) is 5.92 Å². The number of unbranched alkanes of at least 4 members (excludes halogenated alkanes) is 20. The van der Waals surface area contributed by atoms with Gasteiger partial charge in [-0.05, 0) is 25.8 Å². The molecule has 0 unspecified atom stereocenters. The Labute approximate surface area is 213 Å². The number of hydrogen-bond donors (Lipinski definition) is 1. The van der Waals surface area contributed by atoms with E-state index >= 15 is 0 Å². The summed E-state index contributed by atoms with van der Waals surface area (Å²) in [5.41, 5.74) is 5.72. The fraction of sp³-hybridized carbons (Fsp3) is 0.935. The van der Waals surface area contributed by atoms with Gasteiger partial charge in [0.1, 0.15) is 11.6 Å². The lowest BCUT2D eigenvalue weighted by atomic mass is 9.89. The van der Waals surface area contributed by atoms with Crippen molar-refractivity contribution in [1.29, 1.82) is 0 Å². The summed E-state index contributed by atoms with van der Waals surface area (Å²) in [6.45, 7) is 4.95. The Balaban J connectivity index is 3.75. The third-order valence-corrected chi connectivity index (χ3v) is 7.29. The van der Waals surface area contributed by atoms with E-state index in [-0.39, 0.29) is 11.6 Å². The molecule has 0 aliphatic carbocycles. The molecule has 0 aliphatic rings. The summed E-state index contributed by atoms with van der Waals surface area (Å²) in [4.78, 5) is 25.3. The average molecular weight is 480 g/mol. The highest BCUT2D eigenvalue weighted by Crippen LogP contribution is 2.18. The Kier molecular flexibility index (Phi) is 26.3. The maximum Gasteiger partial charge on any atom is 0.143 e. The van der Waals surface area contributed by atoms with E-state index in [0.29, 0.717) is 25.8 Å². The van der Waals surface area contributed by atoms with Gasteiger partial charge in [-0.25, -0.2) is 0 Å². The molecule has 0 spiro atoms. The van der Waals surface area contributed by atoms with E-state index in [1.807, 2.05) is 0 Å². The molecule has 0 radical (unpaired) electrons. The molecule has 0 rings (SSSR count). The minimum Gasteiger partial charge on any atom is -0.330 e. The molecule has 0 aromatic heterocycles. The molecule has 0 aromatic carbocycles. The van der Waals surface area contributed by atoms with Gasteiger partial charge in [-0.1, -0.05) is 142 Å². The summed E-state index contributed by atoms with van der Waals surface area (Å²) in [6.07, 6.45) is 29.8. The van der Waals surface area contributed by atoms with Gasteiger partial charge in [-0.3, -0.25) is 9.59 Å². The number of ketones is 2. The number of rotatable bonds is 28. The van der Waals surface area contributed by atoms with Crippen molar-refractivity contribution in [3.05, 3.63) is 0 Å². The first-order chi connectivity index (χ1) is 16.7. The van der Waals surface area contributed by atoms with Crippen LogP contribution in [0.4, 0.5) is 0 Å². The first kappa shape index (κ1) is 33.3. The standard InChI is InChI=1S/C31H61NO2/c1-3-5-7-9-11-13-15-17-19-21-23-25-30(33)29(27-28-32)31(34)26-24-22-20-18-16-14-12-10-8-6-4-2/h29H,3-28,32H2,1-2H3. The van der Waals surface area contributed by atoms with Crippen molar-refractivity contribution >= 4 is 11.6 Å². The van der Waals surface area contributed by atoms with Crippen LogP contribution in [0.2, 0.25) is 0 Å². The van der Waals surface area contributed by atoms with E-state index in [2.05, 4.69) is 13.8 Å². The van der Waals surface area contributed by atoms with Gasteiger partial charge in [0.25, 0.3) is 0 Å². The van der Waals surface area contributed by atoms with Crippen LogP contribution in [0.1, 0.15) is 174 Å². The second-order valence-corrected chi connectivity index (χ2v) is 10.6. The number of carbonyl (C=O) groups is 2. The monoisotopic (exact) mass is 479 g/mol. The van der Waals surface area contributed by atoms with E-state index in [9.17, 15) is 9.59 Å². The highest BCUT2D eigenvalue weighted by molar-refractivity contribution is 6.02. The number of Topliss-reactive ketones (excluding diaryl/α,β-unsaturated/α-hetero) is 2. The van der Waals surface area contributed by atoms with Gasteiger partial charge in [0.2, 0.25) is 0 Å². The second kappa shape index (κ2) is 26.9. The predicted octanol–water partition coefficient (Wildman–Crippen LogP) is 9.49. The Hall–Kier alpha value is -0.700. The van der Waals surface area contributed by atoms with Gasteiger partial charge >= 0.3 is 0 Å². The Morgan fingerprint density at radius 3 is 1.00 bits per heavy atom. The zero-order valence-electron chi connectivity index (χ0n) is 23.4. The van der Waals surface area contributed by atoms with Gasteiger partial charge in [-0.2, -0.15) is 0 Å². The zero-order valence-corrected chi connectivity index (χ0v) is 23.4. The van der Waals surface area contributed by atoms with Crippen molar-refractivity contribution in [3.8, 4) is 0 Å². The average Bonchev–Trinajstić information content (AvgIpc) is 2.84. The van der Waals surface area contributed by atoms with Crippen molar-refractivity contribution in [2.24, 2.45) is 11.7 Å². The van der Waals surface area contributed by atoms with E-state index in [4.69, 9.17) is 5.73 Å². The fourth-order valence-electron chi connectivity index (χ4n) is 4.94. The summed E-state index contributed by atoms with van der Waals surface area (Å²) >= 11 is 0. The molecule has 3 heteroatoms. The van der Waals surface area contributed by atoms with Gasteiger partial charge in [0.05, 0.1) is 5.92 Å². The van der Waals surface area contributed by atoms with Crippen molar-refractivity contribution in [1.82, 2.24) is 0 Å². The Morgan fingerprint density at radius 1 is 0.471 bits per heavy atom. The molecule has 0 saturated heterocycles. The van der Waals surface area contributed by atoms with E-state index in [0.717, 1.165) is 25.7 Å². The van der Waals surface area contributed by atoms with Crippen LogP contribution in [0.5, 0.6) is 0 Å². The fourth-order valence-corrected chi connectivity index (χ4v) is 4.94. The maximum absolute atomic E-state index is 12.7. The Bertz CT molecular complexity index is 411.